The van der Waals surface area contributed by atoms with Crippen LogP contribution in [0.5, 0.6) is 0 Å². The zero-order chi connectivity index (χ0) is 13.2. The molecule has 3 N–H and O–H groups in total. The molecule has 1 aromatic rings. The molecule has 0 saturated carbocycles. The Kier molecular flexibility index (Phi) is 3.88. The fraction of sp³-hybridized carbons (Fsp3) is 0.538. The molecule has 0 radical (unpaired) electrons. The molecule has 0 amide bonds. The molecule has 1 saturated heterocycles. The first-order valence-corrected chi connectivity index (χ1v) is 6.63. The first kappa shape index (κ1) is 13.3. The average Bonchev–Trinajstić information content (AvgIpc) is 2.41. The van der Waals surface area contributed by atoms with Crippen LogP contribution in [0.4, 0.5) is 5.82 Å². The van der Waals surface area contributed by atoms with Crippen LogP contribution in [0.15, 0.2) is 12.3 Å². The van der Waals surface area contributed by atoms with Gasteiger partial charge < -0.3 is 11.1 Å². The third-order valence-electron chi connectivity index (χ3n) is 3.76. The molecule has 1 atom stereocenters. The summed E-state index contributed by atoms with van der Waals surface area (Å²) in [6.07, 6.45) is 4.16. The van der Waals surface area contributed by atoms with Crippen molar-refractivity contribution in [3.8, 4) is 0 Å². The van der Waals surface area contributed by atoms with Crippen LogP contribution in [0.3, 0.4) is 0 Å². The second kappa shape index (κ2) is 5.24. The first-order chi connectivity index (χ1) is 8.59. The minimum absolute atomic E-state index is 0.0599. The van der Waals surface area contributed by atoms with Crippen molar-refractivity contribution >= 4 is 23.2 Å². The Bertz CT molecular complexity index is 456. The number of hydrogen-bond acceptors (Lipinski definition) is 4. The number of nitrogens with zero attached hydrogens (tertiary/aromatic N) is 1. The first-order valence-electron chi connectivity index (χ1n) is 6.25. The maximum Gasteiger partial charge on any atom is 0.174 e. The number of rotatable bonds is 3. The number of Topliss-reactive ketones (excluding diaryl/α,β-unsaturated/α-hetero) is 1. The molecule has 1 aromatic heterocycles. The summed E-state index contributed by atoms with van der Waals surface area (Å²) < 4.78 is 0. The number of halogens is 1. The summed E-state index contributed by atoms with van der Waals surface area (Å²) in [4.78, 5) is 16.7. The number of ketones is 1. The van der Waals surface area contributed by atoms with E-state index in [1.54, 1.807) is 6.07 Å². The highest BCUT2D eigenvalue weighted by atomic mass is 35.5. The molecule has 1 aliphatic rings. The lowest BCUT2D eigenvalue weighted by atomic mass is 9.73. The van der Waals surface area contributed by atoms with Gasteiger partial charge in [0.25, 0.3) is 0 Å². The average molecular weight is 268 g/mol. The molecule has 0 spiro atoms. The van der Waals surface area contributed by atoms with E-state index in [1.807, 2.05) is 6.92 Å². The highest BCUT2D eigenvalue weighted by Gasteiger charge is 2.39. The van der Waals surface area contributed by atoms with Gasteiger partial charge >= 0.3 is 0 Å². The van der Waals surface area contributed by atoms with E-state index >= 15 is 0 Å². The number of nitrogens with two attached hydrogens (primary N) is 1. The molecule has 1 fully saturated rings. The number of carbonyl (C=O) groups is 1. The number of anilines is 1. The zero-order valence-corrected chi connectivity index (χ0v) is 11.3. The molecule has 5 heteroatoms. The number of pyridine rings is 1. The largest absolute Gasteiger partial charge is 0.383 e. The summed E-state index contributed by atoms with van der Waals surface area (Å²) in [5.74, 6) is 0.326. The van der Waals surface area contributed by atoms with Crippen LogP contribution < -0.4 is 11.1 Å². The van der Waals surface area contributed by atoms with E-state index in [0.29, 0.717) is 17.1 Å². The number of piperidine rings is 1. The Morgan fingerprint density at radius 2 is 2.44 bits per heavy atom. The van der Waals surface area contributed by atoms with E-state index in [-0.39, 0.29) is 17.0 Å². The molecular formula is C13H18ClN3O. The smallest absolute Gasteiger partial charge is 0.174 e. The van der Waals surface area contributed by atoms with Gasteiger partial charge in [-0.05, 0) is 31.9 Å². The van der Waals surface area contributed by atoms with Crippen molar-refractivity contribution in [3.63, 3.8) is 0 Å². The summed E-state index contributed by atoms with van der Waals surface area (Å²) in [5, 5.41) is 3.74. The van der Waals surface area contributed by atoms with E-state index < -0.39 is 0 Å². The van der Waals surface area contributed by atoms with Gasteiger partial charge in [-0.25, -0.2) is 4.98 Å². The van der Waals surface area contributed by atoms with Gasteiger partial charge in [0.05, 0.1) is 10.6 Å². The van der Waals surface area contributed by atoms with Gasteiger partial charge in [0.15, 0.2) is 5.78 Å². The second-order valence-electron chi connectivity index (χ2n) is 4.83. The summed E-state index contributed by atoms with van der Waals surface area (Å²) in [6.45, 7) is 3.71. The lowest BCUT2D eigenvalue weighted by molar-refractivity contribution is 0.0731. The number of nitrogen functional groups attached to an aromatic ring is 1. The topological polar surface area (TPSA) is 68.0 Å². The van der Waals surface area contributed by atoms with Crippen LogP contribution in [0, 0.1) is 5.41 Å². The quantitative estimate of drug-likeness (QED) is 0.825. The van der Waals surface area contributed by atoms with Crippen molar-refractivity contribution in [2.24, 2.45) is 5.41 Å². The van der Waals surface area contributed by atoms with E-state index in [4.69, 9.17) is 17.3 Å². The van der Waals surface area contributed by atoms with Crippen molar-refractivity contribution in [1.29, 1.82) is 0 Å². The molecule has 98 valence electrons. The number of hydrogen-bond donors (Lipinski definition) is 2. The lowest BCUT2D eigenvalue weighted by Crippen LogP contribution is -2.45. The van der Waals surface area contributed by atoms with Gasteiger partial charge in [-0.15, -0.1) is 0 Å². The van der Waals surface area contributed by atoms with Gasteiger partial charge in [-0.3, -0.25) is 4.79 Å². The maximum absolute atomic E-state index is 12.7. The Labute approximate surface area is 112 Å². The summed E-state index contributed by atoms with van der Waals surface area (Å²) in [7, 11) is 0. The fourth-order valence-electron chi connectivity index (χ4n) is 2.54. The highest BCUT2D eigenvalue weighted by Crippen LogP contribution is 2.35. The molecule has 1 aliphatic heterocycles. The summed E-state index contributed by atoms with van der Waals surface area (Å²) in [5.41, 5.74) is 5.89. The van der Waals surface area contributed by atoms with E-state index in [1.165, 1.54) is 6.20 Å². The third-order valence-corrected chi connectivity index (χ3v) is 3.97. The van der Waals surface area contributed by atoms with Crippen LogP contribution >= 0.6 is 11.6 Å². The predicted molar refractivity (Wildman–Crippen MR) is 72.8 cm³/mol. The standard InChI is InChI=1S/C13H18ClN3O/c1-2-13(4-3-5-16-8-13)11(18)10-6-9(14)7-17-12(10)15/h6-7,16H,2-5,8H2,1H3,(H2,15,17). The molecule has 2 rings (SSSR count). The number of carbonyl (C=O) groups excluding carboxylic acids is 1. The summed E-state index contributed by atoms with van der Waals surface area (Å²) >= 11 is 5.90. The number of aromatic nitrogens is 1. The Morgan fingerprint density at radius 1 is 1.67 bits per heavy atom. The second-order valence-corrected chi connectivity index (χ2v) is 5.27. The predicted octanol–water partition coefficient (Wildman–Crippen LogP) is 2.28. The van der Waals surface area contributed by atoms with Gasteiger partial charge in [0.2, 0.25) is 0 Å². The van der Waals surface area contributed by atoms with E-state index in [2.05, 4.69) is 10.3 Å². The Hall–Kier alpha value is -1.13. The lowest BCUT2D eigenvalue weighted by Gasteiger charge is -2.35. The van der Waals surface area contributed by atoms with Crippen LogP contribution in [0.25, 0.3) is 0 Å². The van der Waals surface area contributed by atoms with Crippen LogP contribution in [0.1, 0.15) is 36.5 Å². The van der Waals surface area contributed by atoms with Crippen LogP contribution in [-0.2, 0) is 0 Å². The Morgan fingerprint density at radius 3 is 3.06 bits per heavy atom. The molecular weight excluding hydrogens is 250 g/mol. The van der Waals surface area contributed by atoms with Crippen molar-refractivity contribution < 1.29 is 4.79 Å². The van der Waals surface area contributed by atoms with Crippen LogP contribution in [-0.4, -0.2) is 23.9 Å². The van der Waals surface area contributed by atoms with Gasteiger partial charge in [0.1, 0.15) is 5.82 Å². The van der Waals surface area contributed by atoms with Crippen LogP contribution in [0.2, 0.25) is 5.02 Å². The molecule has 0 bridgehead atoms. The van der Waals surface area contributed by atoms with Gasteiger partial charge in [0, 0.05) is 18.2 Å². The normalized spacial score (nSPS) is 23.9. The highest BCUT2D eigenvalue weighted by molar-refractivity contribution is 6.31. The van der Waals surface area contributed by atoms with Gasteiger partial charge in [-0.2, -0.15) is 0 Å². The minimum atomic E-state index is -0.362. The monoisotopic (exact) mass is 267 g/mol. The van der Waals surface area contributed by atoms with Crippen molar-refractivity contribution in [2.75, 3.05) is 18.8 Å². The van der Waals surface area contributed by atoms with Crippen molar-refractivity contribution in [1.82, 2.24) is 10.3 Å². The molecule has 18 heavy (non-hydrogen) atoms. The molecule has 0 aliphatic carbocycles. The Balaban J connectivity index is 2.36. The molecule has 2 heterocycles. The van der Waals surface area contributed by atoms with Crippen molar-refractivity contribution in [2.45, 2.75) is 26.2 Å². The fourth-order valence-corrected chi connectivity index (χ4v) is 2.70. The molecule has 4 nitrogen and oxygen atoms in total. The SMILES string of the molecule is CCC1(C(=O)c2cc(Cl)cnc2N)CCCNC1. The van der Waals surface area contributed by atoms with Crippen molar-refractivity contribution in [3.05, 3.63) is 22.8 Å². The minimum Gasteiger partial charge on any atom is -0.383 e. The molecule has 0 aromatic carbocycles. The maximum atomic E-state index is 12.7. The zero-order valence-electron chi connectivity index (χ0n) is 10.5. The van der Waals surface area contributed by atoms with Gasteiger partial charge in [-0.1, -0.05) is 18.5 Å². The molecule has 1 unspecified atom stereocenters. The number of nitrogens with one attached hydrogen (secondary N) is 1. The van der Waals surface area contributed by atoms with E-state index in [0.717, 1.165) is 25.8 Å². The summed E-state index contributed by atoms with van der Waals surface area (Å²) in [6, 6.07) is 1.62. The third kappa shape index (κ3) is 2.35. The van der Waals surface area contributed by atoms with E-state index in [9.17, 15) is 4.79 Å².